The maximum atomic E-state index is 13.0. The van der Waals surface area contributed by atoms with Crippen LogP contribution < -0.4 is 9.47 Å². The Balaban J connectivity index is 1.51. The molecule has 4 rings (SSSR count). The van der Waals surface area contributed by atoms with Gasteiger partial charge < -0.3 is 19.5 Å². The van der Waals surface area contributed by atoms with E-state index in [0.717, 1.165) is 12.0 Å². The first-order chi connectivity index (χ1) is 13.6. The molecular formula is C22H23NO5. The minimum atomic E-state index is -0.942. The van der Waals surface area contributed by atoms with Crippen LogP contribution in [0.3, 0.4) is 0 Å². The van der Waals surface area contributed by atoms with Crippen LogP contribution in [-0.2, 0) is 10.2 Å². The van der Waals surface area contributed by atoms with Gasteiger partial charge in [0.15, 0.2) is 11.5 Å². The molecule has 2 heterocycles. The van der Waals surface area contributed by atoms with Crippen molar-refractivity contribution in [2.75, 3.05) is 26.3 Å². The molecule has 6 nitrogen and oxygen atoms in total. The lowest BCUT2D eigenvalue weighted by molar-refractivity contribution is -0.145. The zero-order chi connectivity index (χ0) is 19.6. The molecular weight excluding hydrogens is 358 g/mol. The number of hydrogen-bond acceptors (Lipinski definition) is 4. The number of benzene rings is 2. The molecule has 1 saturated heterocycles. The van der Waals surface area contributed by atoms with Crippen LogP contribution in [0.15, 0.2) is 48.5 Å². The summed E-state index contributed by atoms with van der Waals surface area (Å²) in [6, 6.07) is 14.5. The first kappa shape index (κ1) is 18.3. The third-order valence-corrected chi connectivity index (χ3v) is 5.63. The van der Waals surface area contributed by atoms with Gasteiger partial charge in [0, 0.05) is 25.1 Å². The molecule has 1 amide bonds. The van der Waals surface area contributed by atoms with Crippen molar-refractivity contribution in [3.8, 4) is 11.5 Å². The van der Waals surface area contributed by atoms with Gasteiger partial charge in [0.1, 0.15) is 0 Å². The van der Waals surface area contributed by atoms with E-state index in [4.69, 9.17) is 9.47 Å². The van der Waals surface area contributed by atoms with Crippen molar-refractivity contribution in [3.63, 3.8) is 0 Å². The highest BCUT2D eigenvalue weighted by molar-refractivity contribution is 5.95. The zero-order valence-corrected chi connectivity index (χ0v) is 15.6. The largest absolute Gasteiger partial charge is 0.490 e. The lowest BCUT2D eigenvalue weighted by Crippen LogP contribution is -2.49. The Bertz CT molecular complexity index is 872. The van der Waals surface area contributed by atoms with Crippen LogP contribution in [0.4, 0.5) is 0 Å². The highest BCUT2D eigenvalue weighted by Gasteiger charge is 2.43. The van der Waals surface area contributed by atoms with Crippen LogP contribution in [0.2, 0.25) is 0 Å². The predicted molar refractivity (Wildman–Crippen MR) is 103 cm³/mol. The van der Waals surface area contributed by atoms with Crippen LogP contribution >= 0.6 is 0 Å². The van der Waals surface area contributed by atoms with Gasteiger partial charge in [-0.25, -0.2) is 0 Å². The summed E-state index contributed by atoms with van der Waals surface area (Å²) in [7, 11) is 0. The summed E-state index contributed by atoms with van der Waals surface area (Å²) in [6.07, 6.45) is 1.59. The molecule has 2 aromatic rings. The Kier molecular flexibility index (Phi) is 4.94. The number of likely N-dealkylation sites (tertiary alicyclic amines) is 1. The number of carboxylic acids is 1. The Morgan fingerprint density at radius 3 is 2.29 bits per heavy atom. The molecule has 0 aromatic heterocycles. The van der Waals surface area contributed by atoms with Crippen molar-refractivity contribution >= 4 is 11.9 Å². The number of piperidine rings is 1. The number of rotatable bonds is 3. The molecule has 2 aliphatic rings. The number of ether oxygens (including phenoxy) is 2. The molecule has 1 N–H and O–H groups in total. The average Bonchev–Trinajstić information content (AvgIpc) is 2.98. The van der Waals surface area contributed by atoms with Crippen LogP contribution in [0.25, 0.3) is 0 Å². The quantitative estimate of drug-likeness (QED) is 0.884. The maximum Gasteiger partial charge on any atom is 0.314 e. The van der Waals surface area contributed by atoms with E-state index in [0.29, 0.717) is 56.2 Å². The van der Waals surface area contributed by atoms with Crippen molar-refractivity contribution in [3.05, 3.63) is 59.7 Å². The Morgan fingerprint density at radius 1 is 0.929 bits per heavy atom. The van der Waals surface area contributed by atoms with Gasteiger partial charge in [-0.3, -0.25) is 9.59 Å². The second-order valence-corrected chi connectivity index (χ2v) is 7.26. The number of nitrogens with zero attached hydrogens (tertiary/aromatic N) is 1. The van der Waals surface area contributed by atoms with Crippen LogP contribution in [-0.4, -0.2) is 48.2 Å². The number of carboxylic acid groups (broad SMARTS) is 1. The summed E-state index contributed by atoms with van der Waals surface area (Å²) in [6.45, 7) is 1.96. The van der Waals surface area contributed by atoms with E-state index in [2.05, 4.69) is 0 Å². The second-order valence-electron chi connectivity index (χ2n) is 7.26. The molecule has 2 aliphatic heterocycles. The van der Waals surface area contributed by atoms with Crippen LogP contribution in [0, 0.1) is 0 Å². The van der Waals surface area contributed by atoms with Crippen molar-refractivity contribution < 1.29 is 24.2 Å². The van der Waals surface area contributed by atoms with Crippen LogP contribution in [0.5, 0.6) is 11.5 Å². The van der Waals surface area contributed by atoms with Gasteiger partial charge in [-0.2, -0.15) is 0 Å². The number of aliphatic carboxylic acids is 1. The number of carbonyl (C=O) groups excluding carboxylic acids is 1. The lowest BCUT2D eigenvalue weighted by Gasteiger charge is -2.39. The topological polar surface area (TPSA) is 76.1 Å². The third-order valence-electron chi connectivity index (χ3n) is 5.63. The molecule has 0 aliphatic carbocycles. The normalized spacial score (nSPS) is 18.2. The van der Waals surface area contributed by atoms with Gasteiger partial charge >= 0.3 is 5.97 Å². The fraction of sp³-hybridized carbons (Fsp3) is 0.364. The number of hydrogen-bond donors (Lipinski definition) is 1. The lowest BCUT2D eigenvalue weighted by atomic mass is 9.73. The van der Waals surface area contributed by atoms with E-state index < -0.39 is 11.4 Å². The molecule has 0 spiro atoms. The molecule has 146 valence electrons. The number of fused-ring (bicyclic) bond motifs is 1. The number of carbonyl (C=O) groups is 2. The monoisotopic (exact) mass is 381 g/mol. The summed E-state index contributed by atoms with van der Waals surface area (Å²) in [4.78, 5) is 26.8. The minimum Gasteiger partial charge on any atom is -0.490 e. The van der Waals surface area contributed by atoms with Gasteiger partial charge in [-0.05, 0) is 36.6 Å². The van der Waals surface area contributed by atoms with E-state index in [-0.39, 0.29) is 5.91 Å². The zero-order valence-electron chi connectivity index (χ0n) is 15.6. The van der Waals surface area contributed by atoms with Gasteiger partial charge in [0.2, 0.25) is 0 Å². The van der Waals surface area contributed by atoms with Gasteiger partial charge in [-0.1, -0.05) is 30.3 Å². The van der Waals surface area contributed by atoms with E-state index in [1.807, 2.05) is 30.3 Å². The fourth-order valence-electron chi connectivity index (χ4n) is 3.95. The summed E-state index contributed by atoms with van der Waals surface area (Å²) < 4.78 is 11.3. The van der Waals surface area contributed by atoms with Gasteiger partial charge in [0.25, 0.3) is 5.91 Å². The summed E-state index contributed by atoms with van der Waals surface area (Å²) in [5.41, 5.74) is 0.389. The highest BCUT2D eigenvalue weighted by atomic mass is 16.5. The highest BCUT2D eigenvalue weighted by Crippen LogP contribution is 2.37. The maximum absolute atomic E-state index is 13.0. The van der Waals surface area contributed by atoms with Gasteiger partial charge in [-0.15, -0.1) is 0 Å². The summed E-state index contributed by atoms with van der Waals surface area (Å²) >= 11 is 0. The Labute approximate surface area is 163 Å². The van der Waals surface area contributed by atoms with Crippen molar-refractivity contribution in [2.45, 2.75) is 24.7 Å². The molecule has 2 aromatic carbocycles. The number of amides is 1. The van der Waals surface area contributed by atoms with Crippen molar-refractivity contribution in [1.29, 1.82) is 0 Å². The first-order valence-electron chi connectivity index (χ1n) is 9.58. The summed E-state index contributed by atoms with van der Waals surface area (Å²) in [5, 5.41) is 9.91. The van der Waals surface area contributed by atoms with E-state index in [1.165, 1.54) is 0 Å². The molecule has 28 heavy (non-hydrogen) atoms. The fourth-order valence-corrected chi connectivity index (χ4v) is 3.95. The molecule has 0 radical (unpaired) electrons. The molecule has 0 atom stereocenters. The van der Waals surface area contributed by atoms with Crippen molar-refractivity contribution in [1.82, 2.24) is 4.90 Å². The predicted octanol–water partition coefficient (Wildman–Crippen LogP) is 3.11. The molecule has 0 unspecified atom stereocenters. The van der Waals surface area contributed by atoms with E-state index >= 15 is 0 Å². The van der Waals surface area contributed by atoms with Crippen molar-refractivity contribution in [2.24, 2.45) is 0 Å². The standard InChI is InChI=1S/C22H23NO5/c24-20(16-7-8-18-19(15-16)28-14-4-13-27-18)23-11-9-22(10-12-23,21(25)26)17-5-2-1-3-6-17/h1-3,5-8,15H,4,9-14H2,(H,25,26). The van der Waals surface area contributed by atoms with Gasteiger partial charge in [0.05, 0.1) is 18.6 Å². The second kappa shape index (κ2) is 7.54. The first-order valence-corrected chi connectivity index (χ1v) is 9.58. The molecule has 0 saturated carbocycles. The molecule has 6 heteroatoms. The minimum absolute atomic E-state index is 0.109. The smallest absolute Gasteiger partial charge is 0.314 e. The SMILES string of the molecule is O=C(c1ccc2c(c1)OCCCO2)N1CCC(C(=O)O)(c2ccccc2)CC1. The molecule has 0 bridgehead atoms. The van der Waals surface area contributed by atoms with E-state index in [1.54, 1.807) is 23.1 Å². The average molecular weight is 381 g/mol. The summed E-state index contributed by atoms with van der Waals surface area (Å²) in [5.74, 6) is 0.301. The molecule has 1 fully saturated rings. The Hall–Kier alpha value is -3.02. The third kappa shape index (κ3) is 3.30. The van der Waals surface area contributed by atoms with E-state index in [9.17, 15) is 14.7 Å². The van der Waals surface area contributed by atoms with Crippen LogP contribution in [0.1, 0.15) is 35.2 Å². The Morgan fingerprint density at radius 2 is 1.61 bits per heavy atom.